The lowest BCUT2D eigenvalue weighted by molar-refractivity contribution is -0.00555. The van der Waals surface area contributed by atoms with Crippen LogP contribution in [0.2, 0.25) is 0 Å². The third-order valence-corrected chi connectivity index (χ3v) is 7.75. The minimum atomic E-state index is -0.292. The first-order valence-corrected chi connectivity index (χ1v) is 10.4. The van der Waals surface area contributed by atoms with Crippen molar-refractivity contribution in [3.05, 3.63) is 35.5 Å². The number of hydrogen-bond acceptors (Lipinski definition) is 6. The Hall–Kier alpha value is -2.35. The van der Waals surface area contributed by atoms with Gasteiger partial charge in [-0.1, -0.05) is 11.3 Å². The van der Waals surface area contributed by atoms with Crippen molar-refractivity contribution in [3.63, 3.8) is 0 Å². The van der Waals surface area contributed by atoms with E-state index in [4.69, 9.17) is 0 Å². The summed E-state index contributed by atoms with van der Waals surface area (Å²) in [6.07, 6.45) is 14.8. The molecule has 7 nitrogen and oxygen atoms in total. The largest absolute Gasteiger partial charge is 0.304 e. The molecule has 4 fully saturated rings. The van der Waals surface area contributed by atoms with E-state index in [2.05, 4.69) is 25.5 Å². The topological polar surface area (TPSA) is 85.1 Å². The summed E-state index contributed by atoms with van der Waals surface area (Å²) < 4.78 is 1.78. The van der Waals surface area contributed by atoms with Crippen LogP contribution in [-0.2, 0) is 5.41 Å². The Balaban J connectivity index is 1.27. The van der Waals surface area contributed by atoms with Gasteiger partial charge in [-0.15, -0.1) is 10.2 Å². The monoisotopic (exact) mass is 380 g/mol. The van der Waals surface area contributed by atoms with Crippen molar-refractivity contribution in [2.75, 3.05) is 5.32 Å². The molecule has 0 spiro atoms. The maximum Gasteiger partial charge on any atom is 0.279 e. The number of fused-ring (bicyclic) bond motifs is 1. The van der Waals surface area contributed by atoms with Gasteiger partial charge in [-0.05, 0) is 56.3 Å². The summed E-state index contributed by atoms with van der Waals surface area (Å²) in [7, 11) is 0. The van der Waals surface area contributed by atoms with Crippen LogP contribution < -0.4 is 5.32 Å². The van der Waals surface area contributed by atoms with Gasteiger partial charge in [-0.25, -0.2) is 9.97 Å². The molecule has 3 heterocycles. The molecule has 4 aliphatic rings. The molecule has 0 radical (unpaired) electrons. The summed E-state index contributed by atoms with van der Waals surface area (Å²) >= 11 is 1.54. The zero-order valence-electron chi connectivity index (χ0n) is 14.8. The van der Waals surface area contributed by atoms with Gasteiger partial charge in [0.25, 0.3) is 5.91 Å². The fourth-order valence-corrected chi connectivity index (χ4v) is 6.99. The van der Waals surface area contributed by atoms with Crippen molar-refractivity contribution in [2.45, 2.75) is 43.9 Å². The molecule has 0 aromatic carbocycles. The second kappa shape index (κ2) is 5.58. The molecule has 4 aliphatic carbocycles. The number of aromatic nitrogens is 5. The van der Waals surface area contributed by atoms with Crippen molar-refractivity contribution in [3.8, 4) is 0 Å². The number of carbonyl (C=O) groups is 1. The van der Waals surface area contributed by atoms with Crippen LogP contribution >= 0.6 is 11.3 Å². The summed E-state index contributed by atoms with van der Waals surface area (Å²) in [6.45, 7) is 0. The predicted octanol–water partition coefficient (Wildman–Crippen LogP) is 3.30. The summed E-state index contributed by atoms with van der Waals surface area (Å²) in [4.78, 5) is 21.1. The summed E-state index contributed by atoms with van der Waals surface area (Å²) in [5, 5.41) is 13.4. The van der Waals surface area contributed by atoms with Crippen LogP contribution in [0.5, 0.6) is 0 Å². The Bertz CT molecular complexity index is 1000. The molecule has 4 bridgehead atoms. The van der Waals surface area contributed by atoms with Gasteiger partial charge in [0.05, 0.1) is 0 Å². The molecule has 7 rings (SSSR count). The maximum atomic E-state index is 12.7. The molecule has 1 N–H and O–H groups in total. The Morgan fingerprint density at radius 2 is 1.70 bits per heavy atom. The molecular weight excluding hydrogens is 360 g/mol. The lowest BCUT2D eigenvalue weighted by atomic mass is 9.50. The molecule has 1 amide bonds. The number of nitrogens with one attached hydrogen (secondary N) is 1. The SMILES string of the molecule is O=C(Nc1nnc(C23CC4CC(CC(C4)C2)C3)s1)c1nccn2ccnc12. The van der Waals surface area contributed by atoms with Crippen LogP contribution in [0.4, 0.5) is 5.13 Å². The first-order valence-electron chi connectivity index (χ1n) is 9.61. The van der Waals surface area contributed by atoms with Crippen LogP contribution in [0.25, 0.3) is 5.65 Å². The van der Waals surface area contributed by atoms with Crippen LogP contribution in [0.3, 0.4) is 0 Å². The van der Waals surface area contributed by atoms with E-state index < -0.39 is 0 Å². The van der Waals surface area contributed by atoms with Gasteiger partial charge < -0.3 is 4.40 Å². The second-order valence-electron chi connectivity index (χ2n) is 8.50. The lowest BCUT2D eigenvalue weighted by Gasteiger charge is -2.55. The van der Waals surface area contributed by atoms with Crippen molar-refractivity contribution >= 4 is 28.0 Å². The average Bonchev–Trinajstić information content (AvgIpc) is 3.29. The van der Waals surface area contributed by atoms with Crippen molar-refractivity contribution in [1.29, 1.82) is 0 Å². The second-order valence-corrected chi connectivity index (χ2v) is 9.48. The van der Waals surface area contributed by atoms with Crippen molar-refractivity contribution in [2.24, 2.45) is 17.8 Å². The quantitative estimate of drug-likeness (QED) is 0.753. The van der Waals surface area contributed by atoms with E-state index >= 15 is 0 Å². The number of amides is 1. The Kier molecular flexibility index (Phi) is 3.24. The lowest BCUT2D eigenvalue weighted by Crippen LogP contribution is -2.48. The molecule has 0 unspecified atom stereocenters. The predicted molar refractivity (Wildman–Crippen MR) is 101 cm³/mol. The van der Waals surface area contributed by atoms with E-state index in [0.29, 0.717) is 16.5 Å². The number of carbonyl (C=O) groups excluding carboxylic acids is 1. The Labute approximate surface area is 160 Å². The molecule has 8 heteroatoms. The Morgan fingerprint density at radius 3 is 2.41 bits per heavy atom. The number of rotatable bonds is 3. The zero-order valence-corrected chi connectivity index (χ0v) is 15.7. The molecule has 27 heavy (non-hydrogen) atoms. The number of nitrogens with zero attached hydrogens (tertiary/aromatic N) is 5. The molecule has 0 aliphatic heterocycles. The van der Waals surface area contributed by atoms with Crippen molar-refractivity contribution in [1.82, 2.24) is 24.6 Å². The van der Waals surface area contributed by atoms with Crippen LogP contribution in [0.15, 0.2) is 24.8 Å². The van der Waals surface area contributed by atoms with Gasteiger partial charge in [-0.3, -0.25) is 10.1 Å². The zero-order chi connectivity index (χ0) is 18.0. The molecule has 3 aromatic heterocycles. The highest BCUT2D eigenvalue weighted by atomic mass is 32.1. The van der Waals surface area contributed by atoms with Gasteiger partial charge in [0, 0.05) is 30.2 Å². The smallest absolute Gasteiger partial charge is 0.279 e. The fourth-order valence-electron chi connectivity index (χ4n) is 6.03. The van der Waals surface area contributed by atoms with Gasteiger partial charge in [0.2, 0.25) is 5.13 Å². The highest BCUT2D eigenvalue weighted by Gasteiger charge is 2.53. The highest BCUT2D eigenvalue weighted by molar-refractivity contribution is 7.15. The third kappa shape index (κ3) is 2.42. The summed E-state index contributed by atoms with van der Waals surface area (Å²) in [5.74, 6) is 2.29. The average molecular weight is 380 g/mol. The maximum absolute atomic E-state index is 12.7. The van der Waals surface area contributed by atoms with Gasteiger partial charge in [-0.2, -0.15) is 0 Å². The van der Waals surface area contributed by atoms with E-state index in [9.17, 15) is 4.79 Å². The standard InChI is InChI=1S/C19H20N6OS/c26-16(14-15-21-2-4-25(15)3-1-20-14)22-18-24-23-17(27-18)19-8-11-5-12(9-19)7-13(6-11)10-19/h1-4,11-13H,5-10H2,(H,22,24,26). The molecule has 0 atom stereocenters. The molecule has 138 valence electrons. The first-order chi connectivity index (χ1) is 13.2. The number of anilines is 1. The number of imidazole rings is 1. The van der Waals surface area contributed by atoms with E-state index in [1.54, 1.807) is 40.5 Å². The van der Waals surface area contributed by atoms with Crippen LogP contribution in [-0.4, -0.2) is 30.5 Å². The normalized spacial score (nSPS) is 31.5. The molecule has 4 saturated carbocycles. The van der Waals surface area contributed by atoms with E-state index in [-0.39, 0.29) is 11.3 Å². The summed E-state index contributed by atoms with van der Waals surface area (Å²) in [5.41, 5.74) is 1.05. The Morgan fingerprint density at radius 1 is 1.04 bits per heavy atom. The molecule has 3 aromatic rings. The minimum Gasteiger partial charge on any atom is -0.304 e. The van der Waals surface area contributed by atoms with Gasteiger partial charge >= 0.3 is 0 Å². The molecule has 0 saturated heterocycles. The highest BCUT2D eigenvalue weighted by Crippen LogP contribution is 2.61. The third-order valence-electron chi connectivity index (χ3n) is 6.66. The minimum absolute atomic E-state index is 0.205. The van der Waals surface area contributed by atoms with E-state index in [1.807, 2.05) is 0 Å². The number of hydrogen-bond donors (Lipinski definition) is 1. The van der Waals surface area contributed by atoms with Crippen LogP contribution in [0.1, 0.15) is 54.0 Å². The van der Waals surface area contributed by atoms with Crippen molar-refractivity contribution < 1.29 is 4.79 Å². The van der Waals surface area contributed by atoms with Gasteiger partial charge in [0.1, 0.15) is 5.01 Å². The fraction of sp³-hybridized carbons (Fsp3) is 0.526. The first kappa shape index (κ1) is 15.7. The molecular formula is C19H20N6OS. The summed E-state index contributed by atoms with van der Waals surface area (Å²) in [6, 6.07) is 0. The van der Waals surface area contributed by atoms with E-state index in [1.165, 1.54) is 38.5 Å². The van der Waals surface area contributed by atoms with E-state index in [0.717, 1.165) is 22.8 Å². The van der Waals surface area contributed by atoms with Gasteiger partial charge in [0.15, 0.2) is 11.3 Å². The van der Waals surface area contributed by atoms with Crippen LogP contribution in [0, 0.1) is 17.8 Å².